The van der Waals surface area contributed by atoms with E-state index in [2.05, 4.69) is 20.8 Å². The number of aryl methyl sites for hydroxylation is 2. The number of amides is 1. The van der Waals surface area contributed by atoms with Gasteiger partial charge in [-0.05, 0) is 59.7 Å². The third-order valence-electron chi connectivity index (χ3n) is 3.96. The van der Waals surface area contributed by atoms with E-state index in [9.17, 15) is 9.59 Å². The minimum Gasteiger partial charge on any atom is -0.351 e. The Morgan fingerprint density at radius 1 is 1.19 bits per heavy atom. The molecule has 1 aromatic carbocycles. The second-order valence-electron chi connectivity index (χ2n) is 6.03. The number of nitrogens with one attached hydrogen (secondary N) is 1. The zero-order chi connectivity index (χ0) is 19.4. The smallest absolute Gasteiger partial charge is 0.217 e. The molecule has 27 heavy (non-hydrogen) atoms. The minimum atomic E-state index is -0.0926. The van der Waals surface area contributed by atoms with Crippen molar-refractivity contribution in [1.82, 2.24) is 25.5 Å². The molecule has 2 aromatic heterocycles. The first-order valence-electron chi connectivity index (χ1n) is 8.29. The van der Waals surface area contributed by atoms with Crippen LogP contribution in [0.4, 0.5) is 0 Å². The summed E-state index contributed by atoms with van der Waals surface area (Å²) in [6.45, 7) is 5.99. The number of ketones is 1. The maximum atomic E-state index is 12.5. The quantitative estimate of drug-likeness (QED) is 0.484. The lowest BCUT2D eigenvalue weighted by atomic mass is 10.1. The van der Waals surface area contributed by atoms with Gasteiger partial charge in [-0.15, -0.1) is 16.4 Å². The normalized spacial score (nSPS) is 10.8. The first-order valence-corrected chi connectivity index (χ1v) is 10.1. The molecule has 9 heteroatoms. The van der Waals surface area contributed by atoms with Crippen LogP contribution < -0.4 is 5.32 Å². The summed E-state index contributed by atoms with van der Waals surface area (Å²) in [6, 6.07) is 9.64. The molecule has 3 rings (SSSR count). The molecule has 0 spiro atoms. The number of carbonyl (C=O) groups is 2. The number of aromatic nitrogens is 4. The van der Waals surface area contributed by atoms with E-state index in [-0.39, 0.29) is 17.4 Å². The summed E-state index contributed by atoms with van der Waals surface area (Å²) in [6.07, 6.45) is 0. The van der Waals surface area contributed by atoms with Crippen molar-refractivity contribution < 1.29 is 9.59 Å². The summed E-state index contributed by atoms with van der Waals surface area (Å²) < 4.78 is 1.64. The highest BCUT2D eigenvalue weighted by Gasteiger charge is 2.15. The van der Waals surface area contributed by atoms with Gasteiger partial charge in [-0.3, -0.25) is 9.59 Å². The fraction of sp³-hybridized carbons (Fsp3) is 0.278. The molecular formula is C18H19N5O2S2. The van der Waals surface area contributed by atoms with Crippen LogP contribution in [0.3, 0.4) is 0 Å². The minimum absolute atomic E-state index is 0.00807. The topological polar surface area (TPSA) is 89.8 Å². The van der Waals surface area contributed by atoms with Gasteiger partial charge < -0.3 is 5.32 Å². The highest BCUT2D eigenvalue weighted by molar-refractivity contribution is 7.99. The fourth-order valence-corrected chi connectivity index (χ4v) is 4.07. The van der Waals surface area contributed by atoms with E-state index in [4.69, 9.17) is 0 Å². The molecule has 0 unspecified atom stereocenters. The summed E-state index contributed by atoms with van der Waals surface area (Å²) in [5.41, 5.74) is 3.22. The average Bonchev–Trinajstić information content (AvgIpc) is 3.29. The molecule has 3 aromatic rings. The van der Waals surface area contributed by atoms with Crippen molar-refractivity contribution in [2.75, 3.05) is 5.75 Å². The number of thioether (sulfide) groups is 1. The number of Topliss-reactive ketones (excluding diaryl/α,β-unsaturated/α-hetero) is 1. The van der Waals surface area contributed by atoms with Crippen LogP contribution in [-0.2, 0) is 11.3 Å². The molecule has 0 aliphatic heterocycles. The van der Waals surface area contributed by atoms with Gasteiger partial charge in [-0.25, -0.2) is 0 Å². The molecule has 0 fully saturated rings. The number of rotatable bonds is 7. The lowest BCUT2D eigenvalue weighted by molar-refractivity contribution is -0.119. The van der Waals surface area contributed by atoms with Gasteiger partial charge in [-0.2, -0.15) is 4.68 Å². The third kappa shape index (κ3) is 4.81. The largest absolute Gasteiger partial charge is 0.351 e. The number of tetrazole rings is 1. The summed E-state index contributed by atoms with van der Waals surface area (Å²) in [4.78, 5) is 25.0. The van der Waals surface area contributed by atoms with E-state index in [0.717, 1.165) is 16.1 Å². The summed E-state index contributed by atoms with van der Waals surface area (Å²) >= 11 is 2.69. The molecule has 0 radical (unpaired) electrons. The van der Waals surface area contributed by atoms with Crippen molar-refractivity contribution >= 4 is 34.8 Å². The van der Waals surface area contributed by atoms with Crippen molar-refractivity contribution in [3.8, 4) is 5.69 Å². The lowest BCUT2D eigenvalue weighted by Gasteiger charge is -2.06. The zero-order valence-electron chi connectivity index (χ0n) is 15.2. The third-order valence-corrected chi connectivity index (χ3v) is 6.00. The summed E-state index contributed by atoms with van der Waals surface area (Å²) in [5, 5.41) is 15.1. The highest BCUT2D eigenvalue weighted by Crippen LogP contribution is 2.23. The Morgan fingerprint density at radius 3 is 2.74 bits per heavy atom. The molecule has 7 nitrogen and oxygen atoms in total. The van der Waals surface area contributed by atoms with Gasteiger partial charge in [-0.1, -0.05) is 17.8 Å². The lowest BCUT2D eigenvalue weighted by Crippen LogP contribution is -2.18. The predicted molar refractivity (Wildman–Crippen MR) is 106 cm³/mol. The highest BCUT2D eigenvalue weighted by atomic mass is 32.2. The SMILES string of the molecule is CC(=O)NCc1ccc(C(=O)CSc2nnnn2-c2ccc(C)c(C)c2)s1. The van der Waals surface area contributed by atoms with Gasteiger partial charge in [0.2, 0.25) is 11.1 Å². The molecule has 0 bridgehead atoms. The standard InChI is InChI=1S/C18H19N5O2S2/c1-11-4-5-14(8-12(11)2)23-18(20-21-22-23)26-10-16(25)17-7-6-15(27-17)9-19-13(3)24/h4-8H,9-10H2,1-3H3,(H,19,24). The van der Waals surface area contributed by atoms with Crippen LogP contribution in [0.2, 0.25) is 0 Å². The zero-order valence-corrected chi connectivity index (χ0v) is 16.9. The Hall–Kier alpha value is -2.52. The van der Waals surface area contributed by atoms with Crippen molar-refractivity contribution in [3.05, 3.63) is 51.2 Å². The molecule has 2 heterocycles. The number of carbonyl (C=O) groups excluding carboxylic acids is 2. The van der Waals surface area contributed by atoms with E-state index in [0.29, 0.717) is 16.6 Å². The molecule has 0 aliphatic rings. The number of nitrogens with zero attached hydrogens (tertiary/aromatic N) is 4. The number of hydrogen-bond acceptors (Lipinski definition) is 7. The van der Waals surface area contributed by atoms with Gasteiger partial charge in [0.15, 0.2) is 5.78 Å². The maximum absolute atomic E-state index is 12.5. The molecule has 0 saturated heterocycles. The Kier molecular flexibility index (Phi) is 6.02. The summed E-state index contributed by atoms with van der Waals surface area (Å²) in [7, 11) is 0. The Labute approximate surface area is 165 Å². The van der Waals surface area contributed by atoms with Crippen molar-refractivity contribution in [1.29, 1.82) is 0 Å². The second kappa shape index (κ2) is 8.45. The van der Waals surface area contributed by atoms with Crippen LogP contribution in [0.1, 0.15) is 32.6 Å². The monoisotopic (exact) mass is 401 g/mol. The van der Waals surface area contributed by atoms with Crippen LogP contribution in [0.5, 0.6) is 0 Å². The van der Waals surface area contributed by atoms with Gasteiger partial charge in [0.05, 0.1) is 22.9 Å². The van der Waals surface area contributed by atoms with Crippen molar-refractivity contribution in [2.45, 2.75) is 32.5 Å². The van der Waals surface area contributed by atoms with Crippen LogP contribution in [0.25, 0.3) is 5.69 Å². The number of thiophene rings is 1. The van der Waals surface area contributed by atoms with Crippen molar-refractivity contribution in [2.24, 2.45) is 0 Å². The van der Waals surface area contributed by atoms with E-state index >= 15 is 0 Å². The van der Waals surface area contributed by atoms with Crippen LogP contribution >= 0.6 is 23.1 Å². The van der Waals surface area contributed by atoms with Crippen LogP contribution in [0.15, 0.2) is 35.5 Å². The van der Waals surface area contributed by atoms with Crippen molar-refractivity contribution in [3.63, 3.8) is 0 Å². The van der Waals surface area contributed by atoms with Gasteiger partial charge in [0.25, 0.3) is 0 Å². The molecule has 0 atom stereocenters. The second-order valence-corrected chi connectivity index (χ2v) is 8.14. The number of benzene rings is 1. The molecule has 1 amide bonds. The van der Waals surface area contributed by atoms with Gasteiger partial charge >= 0.3 is 0 Å². The van der Waals surface area contributed by atoms with Gasteiger partial charge in [0, 0.05) is 11.8 Å². The molecule has 0 aliphatic carbocycles. The Morgan fingerprint density at radius 2 is 2.00 bits per heavy atom. The Balaban J connectivity index is 1.65. The summed E-state index contributed by atoms with van der Waals surface area (Å²) in [5.74, 6) is 0.157. The van der Waals surface area contributed by atoms with Crippen LogP contribution in [-0.4, -0.2) is 37.7 Å². The first-order chi connectivity index (χ1) is 12.9. The van der Waals surface area contributed by atoms with E-state index in [1.165, 1.54) is 35.6 Å². The molecular weight excluding hydrogens is 382 g/mol. The number of hydrogen-bond donors (Lipinski definition) is 1. The Bertz CT molecular complexity index is 980. The first kappa shape index (κ1) is 19.2. The van der Waals surface area contributed by atoms with Gasteiger partial charge in [0.1, 0.15) is 0 Å². The molecule has 1 N–H and O–H groups in total. The fourth-order valence-electron chi connectivity index (χ4n) is 2.32. The molecule has 140 valence electrons. The maximum Gasteiger partial charge on any atom is 0.217 e. The van der Waals surface area contributed by atoms with Crippen LogP contribution in [0, 0.1) is 13.8 Å². The molecule has 0 saturated carbocycles. The van der Waals surface area contributed by atoms with E-state index < -0.39 is 0 Å². The average molecular weight is 402 g/mol. The van der Waals surface area contributed by atoms with E-state index in [1.807, 2.05) is 38.1 Å². The predicted octanol–water partition coefficient (Wildman–Crippen LogP) is 2.95. The van der Waals surface area contributed by atoms with E-state index in [1.54, 1.807) is 10.7 Å².